The maximum Gasteiger partial charge on any atom is 0.268 e. The van der Waals surface area contributed by atoms with E-state index in [2.05, 4.69) is 35.0 Å². The largest absolute Gasteiger partial charge is 0.493 e. The number of carbonyl (C=O) groups excluding carboxylic acids is 1. The van der Waals surface area contributed by atoms with Crippen LogP contribution >= 0.6 is 11.8 Å². The lowest BCUT2D eigenvalue weighted by atomic mass is 10.2. The van der Waals surface area contributed by atoms with E-state index < -0.39 is 0 Å². The first kappa shape index (κ1) is 17.8. The lowest BCUT2D eigenvalue weighted by Gasteiger charge is -2.22. The van der Waals surface area contributed by atoms with Crippen LogP contribution < -0.4 is 14.8 Å². The molecule has 2 aromatic carbocycles. The van der Waals surface area contributed by atoms with Crippen molar-refractivity contribution in [3.63, 3.8) is 0 Å². The minimum absolute atomic E-state index is 0.0823. The van der Waals surface area contributed by atoms with Crippen molar-refractivity contribution in [1.29, 1.82) is 0 Å². The topological polar surface area (TPSA) is 52.5 Å². The van der Waals surface area contributed by atoms with Crippen LogP contribution in [0.4, 0.5) is 0 Å². The first-order chi connectivity index (χ1) is 13.1. The Bertz CT molecular complexity index is 1010. The van der Waals surface area contributed by atoms with Crippen LogP contribution in [0.1, 0.15) is 23.0 Å². The highest BCUT2D eigenvalue weighted by Crippen LogP contribution is 2.38. The fraction of sp³-hybridized carbons (Fsp3) is 0.286. The van der Waals surface area contributed by atoms with E-state index in [0.717, 1.165) is 23.0 Å². The van der Waals surface area contributed by atoms with Gasteiger partial charge in [-0.3, -0.25) is 4.79 Å². The normalized spacial score (nSPS) is 15.6. The molecule has 2 heterocycles. The second-order valence-corrected chi connectivity index (χ2v) is 8.08. The van der Waals surface area contributed by atoms with Gasteiger partial charge in [-0.15, -0.1) is 11.8 Å². The van der Waals surface area contributed by atoms with Gasteiger partial charge in [0.1, 0.15) is 5.69 Å². The molecule has 0 bridgehead atoms. The Morgan fingerprint density at radius 3 is 2.81 bits per heavy atom. The zero-order chi connectivity index (χ0) is 19.0. The van der Waals surface area contributed by atoms with Crippen molar-refractivity contribution in [2.24, 2.45) is 0 Å². The Kier molecular flexibility index (Phi) is 4.74. The van der Waals surface area contributed by atoms with Crippen molar-refractivity contribution in [2.45, 2.75) is 30.2 Å². The van der Waals surface area contributed by atoms with Crippen LogP contribution in [0.15, 0.2) is 47.4 Å². The summed E-state index contributed by atoms with van der Waals surface area (Å²) in [6.07, 6.45) is 0. The molecule has 1 aliphatic heterocycles. The molecule has 6 heteroatoms. The number of rotatable bonds is 5. The van der Waals surface area contributed by atoms with Gasteiger partial charge in [0.15, 0.2) is 11.5 Å². The van der Waals surface area contributed by atoms with Crippen LogP contribution in [0.25, 0.3) is 10.9 Å². The molecule has 1 N–H and O–H groups in total. The highest BCUT2D eigenvalue weighted by molar-refractivity contribution is 8.00. The molecule has 1 aliphatic rings. The Labute approximate surface area is 162 Å². The number of carbonyl (C=O) groups is 1. The third kappa shape index (κ3) is 3.14. The number of hydrogen-bond donors (Lipinski definition) is 1. The van der Waals surface area contributed by atoms with Gasteiger partial charge in [0.2, 0.25) is 0 Å². The number of aromatic nitrogens is 1. The SMILES string of the molecule is COc1cccc(CNC(=O)c2cc3cccc4c3n2C[C@@H](C)S4)c1OC. The second kappa shape index (κ2) is 7.19. The van der Waals surface area contributed by atoms with Gasteiger partial charge >= 0.3 is 0 Å². The van der Waals surface area contributed by atoms with Crippen LogP contribution in [0.2, 0.25) is 0 Å². The fourth-order valence-electron chi connectivity index (χ4n) is 3.63. The number of methoxy groups -OCH3 is 2. The van der Waals surface area contributed by atoms with Crippen molar-refractivity contribution in [1.82, 2.24) is 9.88 Å². The van der Waals surface area contributed by atoms with Gasteiger partial charge in [-0.2, -0.15) is 0 Å². The number of nitrogens with zero attached hydrogens (tertiary/aromatic N) is 1. The number of ether oxygens (including phenoxy) is 2. The van der Waals surface area contributed by atoms with Gasteiger partial charge in [-0.25, -0.2) is 0 Å². The molecule has 0 radical (unpaired) electrons. The average molecular weight is 382 g/mol. The molecule has 0 unspecified atom stereocenters. The van der Waals surface area contributed by atoms with Gasteiger partial charge in [0.05, 0.1) is 19.7 Å². The van der Waals surface area contributed by atoms with Crippen molar-refractivity contribution < 1.29 is 14.3 Å². The van der Waals surface area contributed by atoms with Crippen LogP contribution in [-0.2, 0) is 13.1 Å². The van der Waals surface area contributed by atoms with Crippen molar-refractivity contribution >= 4 is 28.6 Å². The van der Waals surface area contributed by atoms with Crippen LogP contribution in [0, 0.1) is 0 Å². The zero-order valence-electron chi connectivity index (χ0n) is 15.6. The lowest BCUT2D eigenvalue weighted by Crippen LogP contribution is -2.27. The molecule has 0 aliphatic carbocycles. The zero-order valence-corrected chi connectivity index (χ0v) is 16.4. The predicted molar refractivity (Wildman–Crippen MR) is 108 cm³/mol. The first-order valence-electron chi connectivity index (χ1n) is 8.89. The van der Waals surface area contributed by atoms with Crippen LogP contribution in [0.3, 0.4) is 0 Å². The van der Waals surface area contributed by atoms with Crippen molar-refractivity contribution in [2.75, 3.05) is 14.2 Å². The standard InChI is InChI=1S/C21H22N2O3S/c1-13-12-23-16(10-14-6-5-9-18(27-13)19(14)23)21(24)22-11-15-7-4-8-17(25-2)20(15)26-3/h4-10,13H,11-12H2,1-3H3,(H,22,24)/t13-/m1/s1. The molecule has 3 aromatic rings. The number of amides is 1. The summed E-state index contributed by atoms with van der Waals surface area (Å²) in [5.41, 5.74) is 2.74. The van der Waals surface area contributed by atoms with E-state index in [4.69, 9.17) is 9.47 Å². The third-order valence-corrected chi connectivity index (χ3v) is 5.94. The summed E-state index contributed by atoms with van der Waals surface area (Å²) >= 11 is 1.87. The Balaban J connectivity index is 1.62. The molecular weight excluding hydrogens is 360 g/mol. The molecular formula is C21H22N2O3S. The van der Waals surface area contributed by atoms with Gasteiger partial charge in [-0.1, -0.05) is 31.2 Å². The number of hydrogen-bond acceptors (Lipinski definition) is 4. The maximum absolute atomic E-state index is 13.0. The van der Waals surface area contributed by atoms with E-state index >= 15 is 0 Å². The molecule has 4 rings (SSSR count). The highest BCUT2D eigenvalue weighted by Gasteiger charge is 2.24. The number of para-hydroxylation sites is 2. The van der Waals surface area contributed by atoms with Gasteiger partial charge in [0, 0.05) is 34.2 Å². The smallest absolute Gasteiger partial charge is 0.268 e. The number of thioether (sulfide) groups is 1. The van der Waals surface area contributed by atoms with Crippen molar-refractivity contribution in [3.05, 3.63) is 53.7 Å². The van der Waals surface area contributed by atoms with E-state index in [1.807, 2.05) is 36.0 Å². The number of benzene rings is 2. The second-order valence-electron chi connectivity index (χ2n) is 6.60. The van der Waals surface area contributed by atoms with E-state index in [1.54, 1.807) is 14.2 Å². The highest BCUT2D eigenvalue weighted by atomic mass is 32.2. The quantitative estimate of drug-likeness (QED) is 0.722. The molecule has 5 nitrogen and oxygen atoms in total. The molecule has 0 spiro atoms. The third-order valence-electron chi connectivity index (χ3n) is 4.81. The molecule has 27 heavy (non-hydrogen) atoms. The van der Waals surface area contributed by atoms with Gasteiger partial charge < -0.3 is 19.4 Å². The van der Waals surface area contributed by atoms with E-state index in [9.17, 15) is 4.79 Å². The average Bonchev–Trinajstić information content (AvgIpc) is 3.05. The van der Waals surface area contributed by atoms with Crippen molar-refractivity contribution in [3.8, 4) is 11.5 Å². The van der Waals surface area contributed by atoms with Gasteiger partial charge in [-0.05, 0) is 18.2 Å². The van der Waals surface area contributed by atoms with Crippen LogP contribution in [0.5, 0.6) is 11.5 Å². The molecule has 0 saturated heterocycles. The summed E-state index contributed by atoms with van der Waals surface area (Å²) in [7, 11) is 3.21. The lowest BCUT2D eigenvalue weighted by molar-refractivity contribution is 0.0941. The Morgan fingerprint density at radius 1 is 1.22 bits per heavy atom. The van der Waals surface area contributed by atoms with Gasteiger partial charge in [0.25, 0.3) is 5.91 Å². The Morgan fingerprint density at radius 2 is 2.04 bits per heavy atom. The number of nitrogens with one attached hydrogen (secondary N) is 1. The summed E-state index contributed by atoms with van der Waals surface area (Å²) in [4.78, 5) is 14.2. The summed E-state index contributed by atoms with van der Waals surface area (Å²) in [5, 5.41) is 4.57. The van der Waals surface area contributed by atoms with E-state index in [-0.39, 0.29) is 5.91 Å². The minimum Gasteiger partial charge on any atom is -0.493 e. The molecule has 1 aromatic heterocycles. The summed E-state index contributed by atoms with van der Waals surface area (Å²) in [5.74, 6) is 1.22. The molecule has 140 valence electrons. The molecule has 0 fully saturated rings. The fourth-order valence-corrected chi connectivity index (χ4v) is 4.79. The molecule has 0 saturated carbocycles. The Hall–Kier alpha value is -2.60. The van der Waals surface area contributed by atoms with E-state index in [0.29, 0.717) is 29.0 Å². The monoisotopic (exact) mass is 382 g/mol. The summed E-state index contributed by atoms with van der Waals surface area (Å²) in [6, 6.07) is 13.9. The summed E-state index contributed by atoms with van der Waals surface area (Å²) in [6.45, 7) is 3.39. The van der Waals surface area contributed by atoms with E-state index in [1.165, 1.54) is 4.90 Å². The molecule has 1 amide bonds. The molecule has 1 atom stereocenters. The first-order valence-corrected chi connectivity index (χ1v) is 9.77. The summed E-state index contributed by atoms with van der Waals surface area (Å²) < 4.78 is 12.9. The maximum atomic E-state index is 13.0. The minimum atomic E-state index is -0.0823. The predicted octanol–water partition coefficient (Wildman–Crippen LogP) is 4.08. The van der Waals surface area contributed by atoms with Crippen LogP contribution in [-0.4, -0.2) is 29.9 Å².